The summed E-state index contributed by atoms with van der Waals surface area (Å²) in [4.78, 5) is 18.3. The quantitative estimate of drug-likeness (QED) is 0.742. The van der Waals surface area contributed by atoms with Gasteiger partial charge in [0, 0.05) is 43.8 Å². The highest BCUT2D eigenvalue weighted by Crippen LogP contribution is 2.24. The van der Waals surface area contributed by atoms with Crippen LogP contribution in [0.4, 0.5) is 0 Å². The third kappa shape index (κ3) is 2.58. The standard InChI is InChI=1S/C19H18N4O/c1-2-23-13-17(9-21-23)15-5-3-14(4-6-15)11-22-12-16-7-8-20-10-18(16)19(22)24/h3-10,13H,2,11-12H2,1H3. The van der Waals surface area contributed by atoms with Crippen molar-refractivity contribution in [1.82, 2.24) is 19.7 Å². The average molecular weight is 318 g/mol. The Labute approximate surface area is 140 Å². The van der Waals surface area contributed by atoms with Crippen LogP contribution in [0, 0.1) is 0 Å². The smallest absolute Gasteiger partial charge is 0.256 e. The number of hydrogen-bond acceptors (Lipinski definition) is 3. The first kappa shape index (κ1) is 14.6. The fourth-order valence-corrected chi connectivity index (χ4v) is 3.04. The second-order valence-corrected chi connectivity index (χ2v) is 5.98. The fraction of sp³-hybridized carbons (Fsp3) is 0.211. The fourth-order valence-electron chi connectivity index (χ4n) is 3.04. The number of fused-ring (bicyclic) bond motifs is 1. The summed E-state index contributed by atoms with van der Waals surface area (Å²) >= 11 is 0. The van der Waals surface area contributed by atoms with Crippen molar-refractivity contribution >= 4 is 5.91 Å². The molecule has 2 aromatic heterocycles. The van der Waals surface area contributed by atoms with Crippen molar-refractivity contribution in [3.05, 3.63) is 71.8 Å². The van der Waals surface area contributed by atoms with Crippen molar-refractivity contribution in [3.8, 4) is 11.1 Å². The number of rotatable bonds is 4. The highest BCUT2D eigenvalue weighted by Gasteiger charge is 2.27. The molecular formula is C19H18N4O. The Kier molecular flexibility index (Phi) is 3.61. The maximum absolute atomic E-state index is 12.4. The molecule has 0 saturated carbocycles. The zero-order valence-electron chi connectivity index (χ0n) is 13.5. The van der Waals surface area contributed by atoms with Gasteiger partial charge in [-0.25, -0.2) is 0 Å². The third-order valence-electron chi connectivity index (χ3n) is 4.41. The number of carbonyl (C=O) groups is 1. The number of aryl methyl sites for hydroxylation is 1. The monoisotopic (exact) mass is 318 g/mol. The van der Waals surface area contributed by atoms with Gasteiger partial charge in [-0.15, -0.1) is 0 Å². The molecule has 0 N–H and O–H groups in total. The summed E-state index contributed by atoms with van der Waals surface area (Å²) in [6, 6.07) is 10.2. The Hall–Kier alpha value is -2.95. The molecule has 0 aliphatic carbocycles. The second kappa shape index (κ2) is 5.92. The van der Waals surface area contributed by atoms with Gasteiger partial charge in [-0.1, -0.05) is 24.3 Å². The van der Waals surface area contributed by atoms with Crippen LogP contribution in [0.3, 0.4) is 0 Å². The normalized spacial score (nSPS) is 13.4. The zero-order chi connectivity index (χ0) is 16.5. The molecule has 1 aromatic carbocycles. The Morgan fingerprint density at radius 3 is 2.62 bits per heavy atom. The molecule has 1 aliphatic heterocycles. The minimum atomic E-state index is 0.0615. The Morgan fingerprint density at radius 1 is 1.08 bits per heavy atom. The molecule has 120 valence electrons. The average Bonchev–Trinajstić information content (AvgIpc) is 3.22. The number of hydrogen-bond donors (Lipinski definition) is 0. The lowest BCUT2D eigenvalue weighted by Crippen LogP contribution is -2.23. The first-order chi connectivity index (χ1) is 11.7. The number of nitrogens with zero attached hydrogens (tertiary/aromatic N) is 4. The lowest BCUT2D eigenvalue weighted by Gasteiger charge is -2.15. The summed E-state index contributed by atoms with van der Waals surface area (Å²) in [5, 5.41) is 4.31. The molecule has 3 heterocycles. The molecule has 0 atom stereocenters. The largest absolute Gasteiger partial charge is 0.330 e. The van der Waals surface area contributed by atoms with E-state index in [4.69, 9.17) is 0 Å². The van der Waals surface area contributed by atoms with Gasteiger partial charge in [0.25, 0.3) is 5.91 Å². The van der Waals surface area contributed by atoms with E-state index < -0.39 is 0 Å². The maximum atomic E-state index is 12.4. The minimum absolute atomic E-state index is 0.0615. The summed E-state index contributed by atoms with van der Waals surface area (Å²) in [6.07, 6.45) is 7.32. The van der Waals surface area contributed by atoms with Gasteiger partial charge in [-0.3, -0.25) is 14.5 Å². The minimum Gasteiger partial charge on any atom is -0.330 e. The van der Waals surface area contributed by atoms with Gasteiger partial charge in [0.1, 0.15) is 0 Å². The Bertz CT molecular complexity index is 882. The molecule has 5 nitrogen and oxygen atoms in total. The van der Waals surface area contributed by atoms with E-state index in [9.17, 15) is 4.79 Å². The summed E-state index contributed by atoms with van der Waals surface area (Å²) in [7, 11) is 0. The van der Waals surface area contributed by atoms with Crippen molar-refractivity contribution in [1.29, 1.82) is 0 Å². The van der Waals surface area contributed by atoms with Gasteiger partial charge < -0.3 is 4.90 Å². The van der Waals surface area contributed by atoms with Crippen LogP contribution in [-0.4, -0.2) is 25.6 Å². The van der Waals surface area contributed by atoms with E-state index in [0.717, 1.165) is 34.4 Å². The first-order valence-corrected chi connectivity index (χ1v) is 8.08. The predicted molar refractivity (Wildman–Crippen MR) is 91.2 cm³/mol. The van der Waals surface area contributed by atoms with Crippen LogP contribution in [0.5, 0.6) is 0 Å². The van der Waals surface area contributed by atoms with E-state index in [0.29, 0.717) is 13.1 Å². The molecule has 5 heteroatoms. The number of amides is 1. The summed E-state index contributed by atoms with van der Waals surface area (Å²) in [5.74, 6) is 0.0615. The maximum Gasteiger partial charge on any atom is 0.256 e. The van der Waals surface area contributed by atoms with E-state index in [1.54, 1.807) is 12.4 Å². The predicted octanol–water partition coefficient (Wildman–Crippen LogP) is 3.12. The van der Waals surface area contributed by atoms with E-state index >= 15 is 0 Å². The van der Waals surface area contributed by atoms with E-state index in [2.05, 4.69) is 41.3 Å². The van der Waals surface area contributed by atoms with E-state index in [1.807, 2.05) is 28.0 Å². The molecular weight excluding hydrogens is 300 g/mol. The second-order valence-electron chi connectivity index (χ2n) is 5.98. The molecule has 0 bridgehead atoms. The molecule has 1 amide bonds. The molecule has 3 aromatic rings. The number of aromatic nitrogens is 3. The Balaban J connectivity index is 1.49. The summed E-state index contributed by atoms with van der Waals surface area (Å²) < 4.78 is 1.91. The summed E-state index contributed by atoms with van der Waals surface area (Å²) in [5.41, 5.74) is 5.15. The van der Waals surface area contributed by atoms with Gasteiger partial charge in [-0.2, -0.15) is 5.10 Å². The van der Waals surface area contributed by atoms with Crippen molar-refractivity contribution < 1.29 is 4.79 Å². The SMILES string of the molecule is CCn1cc(-c2ccc(CN3Cc4ccncc4C3=O)cc2)cn1. The highest BCUT2D eigenvalue weighted by atomic mass is 16.2. The molecule has 0 saturated heterocycles. The number of pyridine rings is 1. The topological polar surface area (TPSA) is 51.0 Å². The van der Waals surface area contributed by atoms with Crippen LogP contribution in [0.2, 0.25) is 0 Å². The van der Waals surface area contributed by atoms with Gasteiger partial charge in [0.2, 0.25) is 0 Å². The van der Waals surface area contributed by atoms with Gasteiger partial charge in [0.15, 0.2) is 0 Å². The Morgan fingerprint density at radius 2 is 1.92 bits per heavy atom. The van der Waals surface area contributed by atoms with Crippen molar-refractivity contribution in [2.75, 3.05) is 0 Å². The van der Waals surface area contributed by atoms with Gasteiger partial charge >= 0.3 is 0 Å². The van der Waals surface area contributed by atoms with Crippen molar-refractivity contribution in [2.45, 2.75) is 26.6 Å². The van der Waals surface area contributed by atoms with Crippen LogP contribution in [-0.2, 0) is 19.6 Å². The van der Waals surface area contributed by atoms with Crippen LogP contribution >= 0.6 is 0 Å². The van der Waals surface area contributed by atoms with Gasteiger partial charge in [0.05, 0.1) is 11.8 Å². The van der Waals surface area contributed by atoms with Crippen LogP contribution in [0.15, 0.2) is 55.1 Å². The van der Waals surface area contributed by atoms with Crippen LogP contribution < -0.4 is 0 Å². The lowest BCUT2D eigenvalue weighted by molar-refractivity contribution is 0.0766. The van der Waals surface area contributed by atoms with E-state index in [1.165, 1.54) is 0 Å². The van der Waals surface area contributed by atoms with Crippen molar-refractivity contribution in [2.24, 2.45) is 0 Å². The molecule has 4 rings (SSSR count). The molecule has 0 radical (unpaired) electrons. The van der Waals surface area contributed by atoms with Crippen molar-refractivity contribution in [3.63, 3.8) is 0 Å². The molecule has 0 unspecified atom stereocenters. The molecule has 0 fully saturated rings. The molecule has 1 aliphatic rings. The summed E-state index contributed by atoms with van der Waals surface area (Å²) in [6.45, 7) is 4.20. The molecule has 24 heavy (non-hydrogen) atoms. The third-order valence-corrected chi connectivity index (χ3v) is 4.41. The first-order valence-electron chi connectivity index (χ1n) is 8.08. The van der Waals surface area contributed by atoms with Crippen LogP contribution in [0.25, 0.3) is 11.1 Å². The number of benzene rings is 1. The van der Waals surface area contributed by atoms with Gasteiger partial charge in [-0.05, 0) is 29.7 Å². The molecule has 0 spiro atoms. The zero-order valence-corrected chi connectivity index (χ0v) is 13.5. The highest BCUT2D eigenvalue weighted by molar-refractivity contribution is 5.97. The van der Waals surface area contributed by atoms with Crippen LogP contribution in [0.1, 0.15) is 28.4 Å². The number of carbonyl (C=O) groups excluding carboxylic acids is 1. The lowest BCUT2D eigenvalue weighted by atomic mass is 10.1. The van der Waals surface area contributed by atoms with E-state index in [-0.39, 0.29) is 5.91 Å².